The number of nitriles is 1. The van der Waals surface area contributed by atoms with Gasteiger partial charge >= 0.3 is 0 Å². The van der Waals surface area contributed by atoms with Gasteiger partial charge in [-0.15, -0.1) is 5.10 Å². The van der Waals surface area contributed by atoms with E-state index < -0.39 is 0 Å². The summed E-state index contributed by atoms with van der Waals surface area (Å²) in [6.45, 7) is 0.488. The third-order valence-corrected chi connectivity index (χ3v) is 3.20. The molecule has 0 bridgehead atoms. The van der Waals surface area contributed by atoms with E-state index in [0.29, 0.717) is 22.2 Å². The molecule has 1 heterocycles. The standard InChI is InChI=1S/C16H12N4O2/c17-11-12-5-1-4-8-15(12)22-10-9-20-16(21)13-6-2-3-7-14(13)18-19-20/h1-8H,9-10H2. The van der Waals surface area contributed by atoms with Crippen LogP contribution in [-0.4, -0.2) is 21.6 Å². The first-order valence-electron chi connectivity index (χ1n) is 6.74. The lowest BCUT2D eigenvalue weighted by Gasteiger charge is -2.08. The number of rotatable bonds is 4. The van der Waals surface area contributed by atoms with Crippen LogP contribution in [0, 0.1) is 11.3 Å². The number of ether oxygens (including phenoxy) is 1. The van der Waals surface area contributed by atoms with Gasteiger partial charge in [-0.05, 0) is 24.3 Å². The van der Waals surface area contributed by atoms with Crippen molar-refractivity contribution in [2.24, 2.45) is 0 Å². The molecule has 0 saturated carbocycles. The number of fused-ring (bicyclic) bond motifs is 1. The summed E-state index contributed by atoms with van der Waals surface area (Å²) in [4.78, 5) is 12.2. The maximum atomic E-state index is 12.2. The van der Waals surface area contributed by atoms with E-state index in [1.807, 2.05) is 6.07 Å². The highest BCUT2D eigenvalue weighted by molar-refractivity contribution is 5.76. The number of benzene rings is 2. The molecule has 108 valence electrons. The number of aromatic nitrogens is 3. The van der Waals surface area contributed by atoms with Crippen LogP contribution in [0.1, 0.15) is 5.56 Å². The van der Waals surface area contributed by atoms with Crippen molar-refractivity contribution >= 4 is 10.9 Å². The maximum Gasteiger partial charge on any atom is 0.277 e. The van der Waals surface area contributed by atoms with Gasteiger partial charge in [0.15, 0.2) is 0 Å². The Labute approximate surface area is 126 Å². The van der Waals surface area contributed by atoms with Crippen LogP contribution >= 0.6 is 0 Å². The lowest BCUT2D eigenvalue weighted by molar-refractivity contribution is 0.285. The molecular formula is C16H12N4O2. The molecule has 3 rings (SSSR count). The molecule has 3 aromatic rings. The molecule has 0 aliphatic heterocycles. The van der Waals surface area contributed by atoms with E-state index >= 15 is 0 Å². The molecule has 0 aliphatic rings. The molecule has 0 N–H and O–H groups in total. The van der Waals surface area contributed by atoms with E-state index in [4.69, 9.17) is 10.00 Å². The maximum absolute atomic E-state index is 12.2. The van der Waals surface area contributed by atoms with E-state index in [1.165, 1.54) is 4.68 Å². The summed E-state index contributed by atoms with van der Waals surface area (Å²) < 4.78 is 6.81. The number of nitrogens with zero attached hydrogens (tertiary/aromatic N) is 4. The molecule has 0 radical (unpaired) electrons. The van der Waals surface area contributed by atoms with E-state index in [2.05, 4.69) is 16.4 Å². The van der Waals surface area contributed by atoms with Crippen molar-refractivity contribution in [1.29, 1.82) is 5.26 Å². The zero-order valence-corrected chi connectivity index (χ0v) is 11.6. The van der Waals surface area contributed by atoms with Gasteiger partial charge in [0, 0.05) is 0 Å². The van der Waals surface area contributed by atoms with E-state index in [0.717, 1.165) is 0 Å². The Bertz CT molecular complexity index is 912. The number of hydrogen-bond acceptors (Lipinski definition) is 5. The van der Waals surface area contributed by atoms with E-state index in [1.54, 1.807) is 42.5 Å². The first-order valence-corrected chi connectivity index (χ1v) is 6.74. The van der Waals surface area contributed by atoms with Crippen molar-refractivity contribution < 1.29 is 4.74 Å². The SMILES string of the molecule is N#Cc1ccccc1OCCn1nnc2ccccc2c1=O. The van der Waals surface area contributed by atoms with Crippen LogP contribution in [0.2, 0.25) is 0 Å². The predicted octanol–water partition coefficient (Wildman–Crippen LogP) is 1.74. The van der Waals surface area contributed by atoms with Gasteiger partial charge in [0.25, 0.3) is 5.56 Å². The zero-order valence-electron chi connectivity index (χ0n) is 11.6. The van der Waals surface area contributed by atoms with E-state index in [9.17, 15) is 4.79 Å². The summed E-state index contributed by atoms with van der Waals surface area (Å²) >= 11 is 0. The molecule has 0 saturated heterocycles. The van der Waals surface area contributed by atoms with Crippen LogP contribution in [0.5, 0.6) is 5.75 Å². The molecule has 6 heteroatoms. The van der Waals surface area contributed by atoms with Crippen molar-refractivity contribution in [3.8, 4) is 11.8 Å². The Hall–Kier alpha value is -3.20. The van der Waals surface area contributed by atoms with E-state index in [-0.39, 0.29) is 18.7 Å². The van der Waals surface area contributed by atoms with Crippen molar-refractivity contribution in [1.82, 2.24) is 15.0 Å². The highest BCUT2D eigenvalue weighted by atomic mass is 16.5. The highest BCUT2D eigenvalue weighted by Crippen LogP contribution is 2.16. The van der Waals surface area contributed by atoms with Crippen molar-refractivity contribution in [3.63, 3.8) is 0 Å². The van der Waals surface area contributed by atoms with Crippen molar-refractivity contribution in [3.05, 3.63) is 64.4 Å². The summed E-state index contributed by atoms with van der Waals surface area (Å²) in [5.41, 5.74) is 0.821. The quantitative estimate of drug-likeness (QED) is 0.731. The Kier molecular flexibility index (Phi) is 3.79. The van der Waals surface area contributed by atoms with Gasteiger partial charge < -0.3 is 4.74 Å². The Morgan fingerprint density at radius 3 is 2.77 bits per heavy atom. The van der Waals surface area contributed by atoms with Gasteiger partial charge in [-0.1, -0.05) is 29.5 Å². The minimum Gasteiger partial charge on any atom is -0.490 e. The van der Waals surface area contributed by atoms with Crippen LogP contribution in [0.3, 0.4) is 0 Å². The second-order valence-electron chi connectivity index (χ2n) is 4.59. The molecule has 0 atom stereocenters. The third kappa shape index (κ3) is 2.65. The van der Waals surface area contributed by atoms with Gasteiger partial charge in [0.2, 0.25) is 0 Å². The fourth-order valence-corrected chi connectivity index (χ4v) is 2.10. The summed E-state index contributed by atoms with van der Waals surface area (Å²) in [6, 6.07) is 16.1. The zero-order chi connectivity index (χ0) is 15.4. The Balaban J connectivity index is 1.76. The monoisotopic (exact) mass is 292 g/mol. The average molecular weight is 292 g/mol. The van der Waals surface area contributed by atoms with Gasteiger partial charge in [-0.25, -0.2) is 4.68 Å². The molecule has 2 aromatic carbocycles. The first-order chi connectivity index (χ1) is 10.8. The van der Waals surface area contributed by atoms with Crippen LogP contribution in [0.15, 0.2) is 53.3 Å². The molecule has 0 aliphatic carbocycles. The minimum atomic E-state index is -0.206. The van der Waals surface area contributed by atoms with Crippen molar-refractivity contribution in [2.75, 3.05) is 6.61 Å². The highest BCUT2D eigenvalue weighted by Gasteiger charge is 2.06. The van der Waals surface area contributed by atoms with Crippen LogP contribution in [0.4, 0.5) is 0 Å². The van der Waals surface area contributed by atoms with Gasteiger partial charge in [-0.2, -0.15) is 5.26 Å². The molecule has 0 amide bonds. The smallest absolute Gasteiger partial charge is 0.277 e. The second-order valence-corrected chi connectivity index (χ2v) is 4.59. The summed E-state index contributed by atoms with van der Waals surface area (Å²) in [6.07, 6.45) is 0. The van der Waals surface area contributed by atoms with Crippen LogP contribution in [0.25, 0.3) is 10.9 Å². The normalized spacial score (nSPS) is 10.3. The Morgan fingerprint density at radius 2 is 1.91 bits per heavy atom. The lowest BCUT2D eigenvalue weighted by atomic mass is 10.2. The van der Waals surface area contributed by atoms with Crippen LogP contribution < -0.4 is 10.3 Å². The molecule has 0 unspecified atom stereocenters. The summed E-state index contributed by atoms with van der Waals surface area (Å²) in [5.74, 6) is 0.492. The molecule has 1 aromatic heterocycles. The molecule has 0 spiro atoms. The third-order valence-electron chi connectivity index (χ3n) is 3.20. The largest absolute Gasteiger partial charge is 0.490 e. The number of hydrogen-bond donors (Lipinski definition) is 0. The predicted molar refractivity (Wildman–Crippen MR) is 80.5 cm³/mol. The van der Waals surface area contributed by atoms with Crippen molar-refractivity contribution in [2.45, 2.75) is 6.54 Å². The first kappa shape index (κ1) is 13.8. The van der Waals surface area contributed by atoms with Gasteiger partial charge in [0.05, 0.1) is 17.5 Å². The number of para-hydroxylation sites is 1. The average Bonchev–Trinajstić information content (AvgIpc) is 2.57. The molecule has 0 fully saturated rings. The second kappa shape index (κ2) is 6.06. The summed E-state index contributed by atoms with van der Waals surface area (Å²) in [7, 11) is 0. The van der Waals surface area contributed by atoms with Gasteiger partial charge in [0.1, 0.15) is 23.9 Å². The molecule has 22 heavy (non-hydrogen) atoms. The molecular weight excluding hydrogens is 280 g/mol. The fourth-order valence-electron chi connectivity index (χ4n) is 2.10. The van der Waals surface area contributed by atoms with Gasteiger partial charge in [-0.3, -0.25) is 4.79 Å². The van der Waals surface area contributed by atoms with Crippen LogP contribution in [-0.2, 0) is 6.54 Å². The topological polar surface area (TPSA) is 80.8 Å². The fraction of sp³-hybridized carbons (Fsp3) is 0.125. The Morgan fingerprint density at radius 1 is 1.14 bits per heavy atom. The lowest BCUT2D eigenvalue weighted by Crippen LogP contribution is -2.26. The summed E-state index contributed by atoms with van der Waals surface area (Å²) in [5, 5.41) is 17.4. The molecule has 6 nitrogen and oxygen atoms in total. The minimum absolute atomic E-state index is 0.206.